The number of anilines is 1. The van der Waals surface area contributed by atoms with Crippen LogP contribution >= 0.6 is 0 Å². The zero-order chi connectivity index (χ0) is 17.5. The van der Waals surface area contributed by atoms with Crippen LogP contribution in [-0.2, 0) is 6.42 Å². The van der Waals surface area contributed by atoms with E-state index >= 15 is 0 Å². The molecule has 0 spiro atoms. The summed E-state index contributed by atoms with van der Waals surface area (Å²) in [6.07, 6.45) is 0.990. The number of ether oxygens (including phenoxy) is 1. The van der Waals surface area contributed by atoms with Crippen molar-refractivity contribution in [1.29, 1.82) is 0 Å². The molecule has 2 heterocycles. The molecule has 0 unspecified atom stereocenters. The Kier molecular flexibility index (Phi) is 3.42. The van der Waals surface area contributed by atoms with Gasteiger partial charge in [0.05, 0.1) is 18.5 Å². The SMILES string of the molecule is COc1ccc(-n2nc(-c3cccc4ccccc34)c3c2NCC3)cc1. The number of nitrogens with zero attached hydrogens (tertiary/aromatic N) is 2. The lowest BCUT2D eigenvalue weighted by Gasteiger charge is -2.08. The molecule has 1 aliphatic rings. The number of methoxy groups -OCH3 is 1. The van der Waals surface area contributed by atoms with Gasteiger partial charge in [-0.1, -0.05) is 42.5 Å². The van der Waals surface area contributed by atoms with Gasteiger partial charge in [-0.15, -0.1) is 0 Å². The Labute approximate surface area is 152 Å². The quantitative estimate of drug-likeness (QED) is 0.588. The molecule has 0 saturated heterocycles. The second kappa shape index (κ2) is 5.92. The zero-order valence-electron chi connectivity index (χ0n) is 14.6. The highest BCUT2D eigenvalue weighted by Crippen LogP contribution is 2.37. The number of hydrogen-bond acceptors (Lipinski definition) is 3. The van der Waals surface area contributed by atoms with Crippen LogP contribution in [0.15, 0.2) is 66.7 Å². The Balaban J connectivity index is 1.71. The molecule has 3 aromatic carbocycles. The second-order valence-electron chi connectivity index (χ2n) is 6.49. The molecule has 26 heavy (non-hydrogen) atoms. The summed E-state index contributed by atoms with van der Waals surface area (Å²) in [6.45, 7) is 0.946. The summed E-state index contributed by atoms with van der Waals surface area (Å²) in [5, 5.41) is 11.0. The van der Waals surface area contributed by atoms with E-state index in [0.717, 1.165) is 35.9 Å². The third-order valence-corrected chi connectivity index (χ3v) is 5.01. The smallest absolute Gasteiger partial charge is 0.133 e. The minimum absolute atomic E-state index is 0.847. The lowest BCUT2D eigenvalue weighted by atomic mass is 9.99. The molecule has 4 heteroatoms. The van der Waals surface area contributed by atoms with E-state index < -0.39 is 0 Å². The molecule has 0 amide bonds. The Morgan fingerprint density at radius 2 is 1.77 bits per heavy atom. The topological polar surface area (TPSA) is 39.1 Å². The Morgan fingerprint density at radius 3 is 2.62 bits per heavy atom. The first-order chi connectivity index (χ1) is 12.8. The third-order valence-electron chi connectivity index (χ3n) is 5.01. The highest BCUT2D eigenvalue weighted by molar-refractivity contribution is 5.97. The summed E-state index contributed by atoms with van der Waals surface area (Å²) in [7, 11) is 1.68. The lowest BCUT2D eigenvalue weighted by molar-refractivity contribution is 0.414. The van der Waals surface area contributed by atoms with Crippen LogP contribution in [-0.4, -0.2) is 23.4 Å². The summed E-state index contributed by atoms with van der Waals surface area (Å²) >= 11 is 0. The molecule has 1 aliphatic heterocycles. The monoisotopic (exact) mass is 341 g/mol. The minimum Gasteiger partial charge on any atom is -0.497 e. The summed E-state index contributed by atoms with van der Waals surface area (Å²) < 4.78 is 7.29. The molecule has 4 aromatic rings. The van der Waals surface area contributed by atoms with Crippen molar-refractivity contribution in [2.75, 3.05) is 19.0 Å². The van der Waals surface area contributed by atoms with Crippen LogP contribution in [0, 0.1) is 0 Å². The van der Waals surface area contributed by atoms with E-state index in [9.17, 15) is 0 Å². The zero-order valence-corrected chi connectivity index (χ0v) is 14.6. The van der Waals surface area contributed by atoms with Crippen LogP contribution in [0.4, 0.5) is 5.82 Å². The fourth-order valence-corrected chi connectivity index (χ4v) is 3.73. The first kappa shape index (κ1) is 15.0. The van der Waals surface area contributed by atoms with Crippen molar-refractivity contribution in [1.82, 2.24) is 9.78 Å². The summed E-state index contributed by atoms with van der Waals surface area (Å²) in [6, 6.07) is 22.9. The second-order valence-corrected chi connectivity index (χ2v) is 6.49. The standard InChI is InChI=1S/C22H19N3O/c1-26-17-11-9-16(10-12-17)25-22-20(13-14-23-22)21(24-25)19-8-4-6-15-5-2-3-7-18(15)19/h2-12,23H,13-14H2,1H3. The maximum absolute atomic E-state index is 5.28. The average Bonchev–Trinajstić information content (AvgIpc) is 3.30. The lowest BCUT2D eigenvalue weighted by Crippen LogP contribution is -2.04. The van der Waals surface area contributed by atoms with E-state index in [2.05, 4.69) is 47.8 Å². The molecule has 0 fully saturated rings. The van der Waals surface area contributed by atoms with Crippen LogP contribution < -0.4 is 10.1 Å². The van der Waals surface area contributed by atoms with Crippen LogP contribution in [0.2, 0.25) is 0 Å². The van der Waals surface area contributed by atoms with Gasteiger partial charge in [0.1, 0.15) is 11.6 Å². The number of fused-ring (bicyclic) bond motifs is 2. The normalized spacial score (nSPS) is 12.8. The van der Waals surface area contributed by atoms with Crippen molar-refractivity contribution >= 4 is 16.6 Å². The third kappa shape index (κ3) is 2.26. The maximum Gasteiger partial charge on any atom is 0.133 e. The van der Waals surface area contributed by atoms with E-state index in [-0.39, 0.29) is 0 Å². The molecule has 128 valence electrons. The molecular formula is C22H19N3O. The van der Waals surface area contributed by atoms with Crippen molar-refractivity contribution in [2.24, 2.45) is 0 Å². The van der Waals surface area contributed by atoms with Crippen LogP contribution in [0.3, 0.4) is 0 Å². The Bertz CT molecular complexity index is 1090. The summed E-state index contributed by atoms with van der Waals surface area (Å²) in [5.74, 6) is 1.94. The van der Waals surface area contributed by atoms with Gasteiger partial charge in [0, 0.05) is 17.7 Å². The van der Waals surface area contributed by atoms with E-state index in [1.165, 1.54) is 21.9 Å². The van der Waals surface area contributed by atoms with E-state index in [1.807, 2.05) is 28.9 Å². The average molecular weight is 341 g/mol. The number of rotatable bonds is 3. The largest absolute Gasteiger partial charge is 0.497 e. The molecule has 5 rings (SSSR count). The minimum atomic E-state index is 0.847. The van der Waals surface area contributed by atoms with Crippen LogP contribution in [0.5, 0.6) is 5.75 Å². The number of aromatic nitrogens is 2. The van der Waals surface area contributed by atoms with Gasteiger partial charge < -0.3 is 10.1 Å². The van der Waals surface area contributed by atoms with Gasteiger partial charge in [0.15, 0.2) is 0 Å². The summed E-state index contributed by atoms with van der Waals surface area (Å²) in [4.78, 5) is 0. The molecule has 0 saturated carbocycles. The number of benzene rings is 3. The highest BCUT2D eigenvalue weighted by atomic mass is 16.5. The van der Waals surface area contributed by atoms with Crippen molar-refractivity contribution in [2.45, 2.75) is 6.42 Å². The van der Waals surface area contributed by atoms with E-state index in [4.69, 9.17) is 9.84 Å². The number of hydrogen-bond donors (Lipinski definition) is 1. The fourth-order valence-electron chi connectivity index (χ4n) is 3.73. The van der Waals surface area contributed by atoms with Gasteiger partial charge in [-0.05, 0) is 41.5 Å². The highest BCUT2D eigenvalue weighted by Gasteiger charge is 2.24. The van der Waals surface area contributed by atoms with E-state index in [0.29, 0.717) is 0 Å². The molecule has 0 radical (unpaired) electrons. The van der Waals surface area contributed by atoms with Crippen molar-refractivity contribution < 1.29 is 4.74 Å². The first-order valence-corrected chi connectivity index (χ1v) is 8.83. The van der Waals surface area contributed by atoms with Gasteiger partial charge in [0.2, 0.25) is 0 Å². The van der Waals surface area contributed by atoms with Gasteiger partial charge in [-0.25, -0.2) is 4.68 Å². The van der Waals surface area contributed by atoms with Gasteiger partial charge >= 0.3 is 0 Å². The van der Waals surface area contributed by atoms with E-state index in [1.54, 1.807) is 7.11 Å². The predicted molar refractivity (Wildman–Crippen MR) is 105 cm³/mol. The van der Waals surface area contributed by atoms with Crippen molar-refractivity contribution in [3.8, 4) is 22.7 Å². The fraction of sp³-hybridized carbons (Fsp3) is 0.136. The maximum atomic E-state index is 5.28. The van der Waals surface area contributed by atoms with Crippen molar-refractivity contribution in [3.63, 3.8) is 0 Å². The Morgan fingerprint density at radius 1 is 0.962 bits per heavy atom. The summed E-state index contributed by atoms with van der Waals surface area (Å²) in [5.41, 5.74) is 4.58. The van der Waals surface area contributed by atoms with Crippen molar-refractivity contribution in [3.05, 3.63) is 72.3 Å². The Hall–Kier alpha value is -3.27. The van der Waals surface area contributed by atoms with Crippen LogP contribution in [0.1, 0.15) is 5.56 Å². The van der Waals surface area contributed by atoms with Crippen LogP contribution in [0.25, 0.3) is 27.7 Å². The molecule has 4 nitrogen and oxygen atoms in total. The predicted octanol–water partition coefficient (Wildman–Crippen LogP) is 4.67. The van der Waals surface area contributed by atoms with Gasteiger partial charge in [-0.2, -0.15) is 5.10 Å². The molecule has 0 bridgehead atoms. The molecular weight excluding hydrogens is 322 g/mol. The molecule has 0 aliphatic carbocycles. The first-order valence-electron chi connectivity index (χ1n) is 8.83. The molecule has 1 aromatic heterocycles. The van der Waals surface area contributed by atoms with Gasteiger partial charge in [0.25, 0.3) is 0 Å². The molecule has 0 atom stereocenters. The molecule has 1 N–H and O–H groups in total. The number of nitrogens with one attached hydrogen (secondary N) is 1. The van der Waals surface area contributed by atoms with Gasteiger partial charge in [-0.3, -0.25) is 0 Å².